The summed E-state index contributed by atoms with van der Waals surface area (Å²) in [5, 5.41) is 3.23. The lowest BCUT2D eigenvalue weighted by Gasteiger charge is -2.21. The summed E-state index contributed by atoms with van der Waals surface area (Å²) in [4.78, 5) is 10.4. The normalized spacial score (nSPS) is 26.2. The van der Waals surface area contributed by atoms with Gasteiger partial charge in [0.05, 0.1) is 0 Å². The molecule has 58 valence electrons. The fourth-order valence-electron chi connectivity index (χ4n) is 0.994. The van der Waals surface area contributed by atoms with Crippen LogP contribution in [0.3, 0.4) is 0 Å². The van der Waals surface area contributed by atoms with E-state index in [-0.39, 0.29) is 5.91 Å². The van der Waals surface area contributed by atoms with Crippen molar-refractivity contribution in [2.24, 2.45) is 5.73 Å². The highest BCUT2D eigenvalue weighted by atomic mass is 32.2. The number of amides is 1. The molecule has 3 nitrogen and oxygen atoms in total. The van der Waals surface area contributed by atoms with Gasteiger partial charge < -0.3 is 11.1 Å². The van der Waals surface area contributed by atoms with Gasteiger partial charge in [0.15, 0.2) is 0 Å². The minimum Gasteiger partial charge on any atom is -0.370 e. The molecular formula is C6H12N2OS. The molecule has 3 N–H and O–H groups in total. The van der Waals surface area contributed by atoms with Crippen LogP contribution in [0.5, 0.6) is 0 Å². The second-order valence-corrected chi connectivity index (χ2v) is 3.55. The number of carbonyl (C=O) groups is 1. The first kappa shape index (κ1) is 7.88. The molecule has 1 unspecified atom stereocenters. The Morgan fingerprint density at radius 2 is 2.60 bits per heavy atom. The zero-order chi connectivity index (χ0) is 7.40. The zero-order valence-electron chi connectivity index (χ0n) is 5.80. The number of hydrogen-bond acceptors (Lipinski definition) is 3. The number of nitrogens with two attached hydrogens (primary N) is 1. The predicted octanol–water partition coefficient (Wildman–Crippen LogP) is -0.433. The Bertz CT molecular complexity index is 123. The van der Waals surface area contributed by atoms with Gasteiger partial charge in [-0.25, -0.2) is 0 Å². The van der Waals surface area contributed by atoms with Crippen molar-refractivity contribution in [2.45, 2.75) is 12.5 Å². The first-order valence-corrected chi connectivity index (χ1v) is 4.54. The highest BCUT2D eigenvalue weighted by molar-refractivity contribution is 7.99. The summed E-state index contributed by atoms with van der Waals surface area (Å²) in [5.74, 6) is 1.96. The van der Waals surface area contributed by atoms with E-state index >= 15 is 0 Å². The van der Waals surface area contributed by atoms with Crippen molar-refractivity contribution >= 4 is 17.7 Å². The summed E-state index contributed by atoms with van der Waals surface area (Å²) in [6, 6.07) is 0.316. The third-order valence-corrected chi connectivity index (χ3v) is 2.58. The molecule has 10 heavy (non-hydrogen) atoms. The maximum Gasteiger partial charge on any atom is 0.219 e. The van der Waals surface area contributed by atoms with Crippen molar-refractivity contribution in [1.29, 1.82) is 0 Å². The first-order valence-electron chi connectivity index (χ1n) is 3.38. The molecule has 1 fully saturated rings. The average molecular weight is 160 g/mol. The molecule has 1 amide bonds. The van der Waals surface area contributed by atoms with Crippen LogP contribution in [0.25, 0.3) is 0 Å². The molecule has 0 aromatic heterocycles. The highest BCUT2D eigenvalue weighted by Gasteiger charge is 2.14. The fraction of sp³-hybridized carbons (Fsp3) is 0.833. The minimum absolute atomic E-state index is 0.208. The van der Waals surface area contributed by atoms with Crippen molar-refractivity contribution in [2.75, 3.05) is 18.1 Å². The number of rotatable bonds is 2. The Balaban J connectivity index is 2.19. The van der Waals surface area contributed by atoms with E-state index in [1.165, 1.54) is 0 Å². The van der Waals surface area contributed by atoms with Crippen molar-refractivity contribution in [1.82, 2.24) is 5.32 Å². The minimum atomic E-state index is -0.208. The van der Waals surface area contributed by atoms with Crippen LogP contribution in [0.2, 0.25) is 0 Å². The van der Waals surface area contributed by atoms with Gasteiger partial charge in [0.2, 0.25) is 5.91 Å². The lowest BCUT2D eigenvalue weighted by molar-refractivity contribution is -0.118. The van der Waals surface area contributed by atoms with Crippen LogP contribution < -0.4 is 11.1 Å². The monoisotopic (exact) mass is 160 g/mol. The van der Waals surface area contributed by atoms with E-state index in [1.54, 1.807) is 0 Å². The summed E-state index contributed by atoms with van der Waals surface area (Å²) in [6.45, 7) is 1.00. The van der Waals surface area contributed by atoms with Gasteiger partial charge in [-0.2, -0.15) is 11.8 Å². The zero-order valence-corrected chi connectivity index (χ0v) is 6.62. The molecule has 0 spiro atoms. The maximum absolute atomic E-state index is 10.4. The quantitative estimate of drug-likeness (QED) is 0.576. The molecule has 1 aliphatic rings. The third kappa shape index (κ3) is 2.58. The second-order valence-electron chi connectivity index (χ2n) is 2.40. The van der Waals surface area contributed by atoms with E-state index in [4.69, 9.17) is 5.73 Å². The Morgan fingerprint density at radius 1 is 1.80 bits per heavy atom. The lowest BCUT2D eigenvalue weighted by Crippen LogP contribution is -2.40. The van der Waals surface area contributed by atoms with Crippen LogP contribution in [-0.4, -0.2) is 30.0 Å². The van der Waals surface area contributed by atoms with Gasteiger partial charge in [-0.3, -0.25) is 4.79 Å². The van der Waals surface area contributed by atoms with Crippen molar-refractivity contribution in [3.05, 3.63) is 0 Å². The summed E-state index contributed by atoms with van der Waals surface area (Å²) >= 11 is 1.87. The van der Waals surface area contributed by atoms with E-state index in [1.807, 2.05) is 11.8 Å². The molecule has 1 aliphatic heterocycles. The number of hydrogen-bond donors (Lipinski definition) is 2. The molecule has 0 aromatic carbocycles. The van der Waals surface area contributed by atoms with Crippen molar-refractivity contribution < 1.29 is 4.79 Å². The molecular weight excluding hydrogens is 148 g/mol. The summed E-state index contributed by atoms with van der Waals surface area (Å²) < 4.78 is 0. The van der Waals surface area contributed by atoms with Crippen molar-refractivity contribution in [3.8, 4) is 0 Å². The molecule has 0 saturated carbocycles. The fourth-order valence-corrected chi connectivity index (χ4v) is 1.94. The molecule has 1 saturated heterocycles. The van der Waals surface area contributed by atoms with Gasteiger partial charge in [-0.15, -0.1) is 0 Å². The van der Waals surface area contributed by atoms with E-state index in [2.05, 4.69) is 5.32 Å². The van der Waals surface area contributed by atoms with Crippen LogP contribution in [0, 0.1) is 0 Å². The number of nitrogens with one attached hydrogen (secondary N) is 1. The van der Waals surface area contributed by atoms with Crippen LogP contribution >= 0.6 is 11.8 Å². The van der Waals surface area contributed by atoms with E-state index < -0.39 is 0 Å². The average Bonchev–Trinajstić information content (AvgIpc) is 1.88. The molecule has 1 rings (SSSR count). The van der Waals surface area contributed by atoms with Gasteiger partial charge in [-0.05, 0) is 0 Å². The SMILES string of the molecule is NC(=O)CC1CSCCN1. The smallest absolute Gasteiger partial charge is 0.219 e. The highest BCUT2D eigenvalue weighted by Crippen LogP contribution is 2.09. The summed E-state index contributed by atoms with van der Waals surface area (Å²) in [6.07, 6.45) is 0.479. The molecule has 1 heterocycles. The van der Waals surface area contributed by atoms with Gasteiger partial charge in [0, 0.05) is 30.5 Å². The van der Waals surface area contributed by atoms with Crippen LogP contribution in [0.15, 0.2) is 0 Å². The third-order valence-electron chi connectivity index (χ3n) is 1.45. The molecule has 0 aromatic rings. The summed E-state index contributed by atoms with van der Waals surface area (Å²) in [7, 11) is 0. The van der Waals surface area contributed by atoms with E-state index in [9.17, 15) is 4.79 Å². The molecule has 1 atom stereocenters. The van der Waals surface area contributed by atoms with Crippen molar-refractivity contribution in [3.63, 3.8) is 0 Å². The molecule has 4 heteroatoms. The number of primary amides is 1. The van der Waals surface area contributed by atoms with E-state index in [0.717, 1.165) is 18.1 Å². The lowest BCUT2D eigenvalue weighted by atomic mass is 10.2. The Morgan fingerprint density at radius 3 is 3.10 bits per heavy atom. The van der Waals surface area contributed by atoms with Crippen LogP contribution in [0.1, 0.15) is 6.42 Å². The largest absolute Gasteiger partial charge is 0.370 e. The Labute approximate surface area is 64.7 Å². The Kier molecular flexibility index (Phi) is 3.02. The maximum atomic E-state index is 10.4. The molecule has 0 aliphatic carbocycles. The summed E-state index contributed by atoms with van der Waals surface area (Å²) in [5.41, 5.74) is 5.04. The topological polar surface area (TPSA) is 55.1 Å². The van der Waals surface area contributed by atoms with Gasteiger partial charge in [0.1, 0.15) is 0 Å². The Hall–Kier alpha value is -0.220. The van der Waals surface area contributed by atoms with Gasteiger partial charge in [-0.1, -0.05) is 0 Å². The van der Waals surface area contributed by atoms with Crippen LogP contribution in [0.4, 0.5) is 0 Å². The number of thioether (sulfide) groups is 1. The van der Waals surface area contributed by atoms with E-state index in [0.29, 0.717) is 12.5 Å². The molecule has 0 radical (unpaired) electrons. The number of carbonyl (C=O) groups excluding carboxylic acids is 1. The molecule has 0 bridgehead atoms. The predicted molar refractivity (Wildman–Crippen MR) is 42.9 cm³/mol. The van der Waals surface area contributed by atoms with Gasteiger partial charge in [0.25, 0.3) is 0 Å². The van der Waals surface area contributed by atoms with Gasteiger partial charge >= 0.3 is 0 Å². The standard InChI is InChI=1S/C6H12N2OS/c7-6(9)3-5-4-10-2-1-8-5/h5,8H,1-4H2,(H2,7,9). The first-order chi connectivity index (χ1) is 4.79. The van der Waals surface area contributed by atoms with Crippen LogP contribution in [-0.2, 0) is 4.79 Å². The second kappa shape index (κ2) is 3.83.